The summed E-state index contributed by atoms with van der Waals surface area (Å²) in [6, 6.07) is 7.39. The first kappa shape index (κ1) is 18.3. The van der Waals surface area contributed by atoms with Crippen molar-refractivity contribution in [1.82, 2.24) is 4.90 Å². The number of piperidine rings is 1. The third kappa shape index (κ3) is 3.87. The van der Waals surface area contributed by atoms with Crippen molar-refractivity contribution < 1.29 is 19.4 Å². The summed E-state index contributed by atoms with van der Waals surface area (Å²) < 4.78 is 5.15. The summed E-state index contributed by atoms with van der Waals surface area (Å²) in [7, 11) is 1.60. The Morgan fingerprint density at radius 1 is 1.33 bits per heavy atom. The van der Waals surface area contributed by atoms with E-state index in [-0.39, 0.29) is 18.9 Å². The Bertz CT molecular complexity index is 612. The summed E-state index contributed by atoms with van der Waals surface area (Å²) >= 11 is 0. The molecule has 6 nitrogen and oxygen atoms in total. The van der Waals surface area contributed by atoms with Gasteiger partial charge < -0.3 is 20.5 Å². The third-order valence-corrected chi connectivity index (χ3v) is 4.69. The number of nitrogens with two attached hydrogens (primary N) is 1. The van der Waals surface area contributed by atoms with Gasteiger partial charge in [0, 0.05) is 13.1 Å². The van der Waals surface area contributed by atoms with Crippen LogP contribution >= 0.6 is 0 Å². The number of likely N-dealkylation sites (tertiary alicyclic amines) is 1. The van der Waals surface area contributed by atoms with Crippen LogP contribution in [0.1, 0.15) is 38.7 Å². The van der Waals surface area contributed by atoms with Crippen LogP contribution in [-0.4, -0.2) is 47.6 Å². The van der Waals surface area contributed by atoms with Gasteiger partial charge in [0.15, 0.2) is 0 Å². The molecule has 1 aromatic carbocycles. The molecule has 1 aliphatic rings. The summed E-state index contributed by atoms with van der Waals surface area (Å²) in [4.78, 5) is 25.8. The van der Waals surface area contributed by atoms with E-state index in [0.717, 1.165) is 11.3 Å². The van der Waals surface area contributed by atoms with Crippen LogP contribution in [0.3, 0.4) is 0 Å². The maximum atomic E-state index is 13.0. The molecule has 1 atom stereocenters. The van der Waals surface area contributed by atoms with Crippen molar-refractivity contribution >= 4 is 11.8 Å². The predicted octanol–water partition coefficient (Wildman–Crippen LogP) is 1.20. The van der Waals surface area contributed by atoms with Gasteiger partial charge in [-0.25, -0.2) is 0 Å². The molecule has 1 aromatic rings. The predicted molar refractivity (Wildman–Crippen MR) is 90.6 cm³/mol. The average Bonchev–Trinajstić information content (AvgIpc) is 2.53. The minimum absolute atomic E-state index is 0.0738. The molecule has 1 heterocycles. The number of benzene rings is 1. The molecule has 0 bridgehead atoms. The summed E-state index contributed by atoms with van der Waals surface area (Å²) in [5.41, 5.74) is 4.13. The first-order valence-corrected chi connectivity index (χ1v) is 8.12. The number of ether oxygens (including phenoxy) is 1. The van der Waals surface area contributed by atoms with Crippen LogP contribution < -0.4 is 10.5 Å². The van der Waals surface area contributed by atoms with Crippen LogP contribution in [0.2, 0.25) is 0 Å². The number of rotatable bonds is 5. The number of methoxy groups -OCH3 is 1. The number of hydrogen-bond acceptors (Lipinski definition) is 4. The summed E-state index contributed by atoms with van der Waals surface area (Å²) in [5, 5.41) is 10.6. The normalized spacial score (nSPS) is 21.4. The average molecular weight is 334 g/mol. The number of nitrogens with zero attached hydrogens (tertiary/aromatic N) is 1. The van der Waals surface area contributed by atoms with E-state index < -0.39 is 16.9 Å². The number of primary amides is 1. The highest BCUT2D eigenvalue weighted by molar-refractivity contribution is 5.87. The van der Waals surface area contributed by atoms with Gasteiger partial charge in [0.05, 0.1) is 24.5 Å². The lowest BCUT2D eigenvalue weighted by molar-refractivity contribution is -0.146. The number of β-amino-alcohol motifs (C(OH)–C–C–N with tert-alkyl or cyclic N) is 1. The maximum Gasteiger partial charge on any atom is 0.232 e. The van der Waals surface area contributed by atoms with E-state index in [0.29, 0.717) is 19.4 Å². The smallest absolute Gasteiger partial charge is 0.232 e. The van der Waals surface area contributed by atoms with Gasteiger partial charge >= 0.3 is 0 Å². The fraction of sp³-hybridized carbons (Fsp3) is 0.556. The van der Waals surface area contributed by atoms with E-state index in [1.807, 2.05) is 38.1 Å². The summed E-state index contributed by atoms with van der Waals surface area (Å²) in [6.07, 6.45) is 0.997. The molecule has 0 aliphatic carbocycles. The number of carbonyl (C=O) groups excluding carboxylic acids is 2. The van der Waals surface area contributed by atoms with Gasteiger partial charge in [0.1, 0.15) is 5.75 Å². The maximum absolute atomic E-state index is 13.0. The first-order valence-electron chi connectivity index (χ1n) is 8.12. The van der Waals surface area contributed by atoms with E-state index in [9.17, 15) is 14.7 Å². The molecule has 0 radical (unpaired) electrons. The highest BCUT2D eigenvalue weighted by Gasteiger charge is 2.41. The summed E-state index contributed by atoms with van der Waals surface area (Å²) in [5.74, 6) is 0.104. The van der Waals surface area contributed by atoms with Crippen molar-refractivity contribution in [3.05, 3.63) is 29.8 Å². The second-order valence-electron chi connectivity index (χ2n) is 7.05. The van der Waals surface area contributed by atoms with Crippen molar-refractivity contribution in [2.75, 3.05) is 20.2 Å². The molecule has 6 heteroatoms. The molecule has 1 aliphatic heterocycles. The van der Waals surface area contributed by atoms with Crippen LogP contribution in [0.25, 0.3) is 0 Å². The molecule has 132 valence electrons. The van der Waals surface area contributed by atoms with E-state index in [1.165, 1.54) is 0 Å². The fourth-order valence-corrected chi connectivity index (χ4v) is 3.28. The van der Waals surface area contributed by atoms with Crippen molar-refractivity contribution in [1.29, 1.82) is 0 Å². The van der Waals surface area contributed by atoms with Crippen LogP contribution in [0.15, 0.2) is 24.3 Å². The second kappa shape index (κ2) is 6.81. The molecule has 0 spiro atoms. The van der Waals surface area contributed by atoms with E-state index in [1.54, 1.807) is 12.0 Å². The lowest BCUT2D eigenvalue weighted by Crippen LogP contribution is -2.55. The molecular formula is C18H26N2O4. The Hall–Kier alpha value is -2.08. The number of carbonyl (C=O) groups is 2. The van der Waals surface area contributed by atoms with Crippen molar-refractivity contribution in [2.24, 2.45) is 5.73 Å². The van der Waals surface area contributed by atoms with Crippen molar-refractivity contribution in [3.63, 3.8) is 0 Å². The van der Waals surface area contributed by atoms with Gasteiger partial charge in [0.25, 0.3) is 0 Å². The molecule has 0 aromatic heterocycles. The van der Waals surface area contributed by atoms with E-state index in [2.05, 4.69) is 0 Å². The van der Waals surface area contributed by atoms with Crippen LogP contribution in [0.5, 0.6) is 5.75 Å². The topological polar surface area (TPSA) is 92.9 Å². The Kier molecular flexibility index (Phi) is 5.18. The summed E-state index contributed by atoms with van der Waals surface area (Å²) in [6.45, 7) is 4.42. The molecule has 3 N–H and O–H groups in total. The van der Waals surface area contributed by atoms with Gasteiger partial charge in [-0.05, 0) is 44.4 Å². The minimum atomic E-state index is -1.23. The van der Waals surface area contributed by atoms with Gasteiger partial charge in [-0.3, -0.25) is 9.59 Å². The largest absolute Gasteiger partial charge is 0.497 e. The van der Waals surface area contributed by atoms with Gasteiger partial charge in [-0.1, -0.05) is 12.1 Å². The van der Waals surface area contributed by atoms with Crippen LogP contribution in [0, 0.1) is 0 Å². The highest BCUT2D eigenvalue weighted by atomic mass is 16.5. The SMILES string of the molecule is COc1ccc(C(C)(C)C(=O)N2CCCC(O)(CC(N)=O)C2)cc1. The zero-order chi connectivity index (χ0) is 18.0. The zero-order valence-electron chi connectivity index (χ0n) is 14.5. The Balaban J connectivity index is 2.17. The quantitative estimate of drug-likeness (QED) is 0.846. The molecular weight excluding hydrogens is 308 g/mol. The van der Waals surface area contributed by atoms with E-state index >= 15 is 0 Å². The van der Waals surface area contributed by atoms with E-state index in [4.69, 9.17) is 10.5 Å². The zero-order valence-corrected chi connectivity index (χ0v) is 14.5. The highest BCUT2D eigenvalue weighted by Crippen LogP contribution is 2.31. The number of aliphatic hydroxyl groups is 1. The van der Waals surface area contributed by atoms with Gasteiger partial charge in [0.2, 0.25) is 11.8 Å². The van der Waals surface area contributed by atoms with Gasteiger partial charge in [-0.15, -0.1) is 0 Å². The molecule has 2 rings (SSSR count). The lowest BCUT2D eigenvalue weighted by Gasteiger charge is -2.41. The lowest BCUT2D eigenvalue weighted by atomic mass is 9.81. The Morgan fingerprint density at radius 2 is 1.96 bits per heavy atom. The molecule has 1 saturated heterocycles. The Morgan fingerprint density at radius 3 is 2.50 bits per heavy atom. The molecule has 0 saturated carbocycles. The Labute approximate surface area is 142 Å². The first-order chi connectivity index (χ1) is 11.2. The minimum Gasteiger partial charge on any atom is -0.497 e. The van der Waals surface area contributed by atoms with Crippen molar-refractivity contribution in [2.45, 2.75) is 44.1 Å². The molecule has 1 unspecified atom stereocenters. The van der Waals surface area contributed by atoms with Crippen LogP contribution in [-0.2, 0) is 15.0 Å². The van der Waals surface area contributed by atoms with Crippen molar-refractivity contribution in [3.8, 4) is 5.75 Å². The van der Waals surface area contributed by atoms with Gasteiger partial charge in [-0.2, -0.15) is 0 Å². The number of amides is 2. The molecule has 1 fully saturated rings. The fourth-order valence-electron chi connectivity index (χ4n) is 3.28. The second-order valence-corrected chi connectivity index (χ2v) is 7.05. The monoisotopic (exact) mass is 334 g/mol. The number of hydrogen-bond donors (Lipinski definition) is 2. The molecule has 24 heavy (non-hydrogen) atoms. The molecule has 2 amide bonds. The standard InChI is InChI=1S/C18H26N2O4/c1-17(2,13-5-7-14(24-3)8-6-13)16(22)20-10-4-9-18(23,12-20)11-15(19)21/h5-8,23H,4,9-12H2,1-3H3,(H2,19,21). The van der Waals surface area contributed by atoms with Crippen LogP contribution in [0.4, 0.5) is 0 Å². The third-order valence-electron chi connectivity index (χ3n) is 4.69.